The molecule has 0 aromatic heterocycles. The third-order valence-electron chi connectivity index (χ3n) is 2.74. The van der Waals surface area contributed by atoms with Crippen molar-refractivity contribution >= 4 is 10.0 Å². The van der Waals surface area contributed by atoms with Gasteiger partial charge in [-0.05, 0) is 6.42 Å². The van der Waals surface area contributed by atoms with Crippen LogP contribution in [0.2, 0.25) is 0 Å². The van der Waals surface area contributed by atoms with Crippen molar-refractivity contribution in [3.05, 3.63) is 0 Å². The highest BCUT2D eigenvalue weighted by atomic mass is 32.2. The van der Waals surface area contributed by atoms with Gasteiger partial charge in [-0.1, -0.05) is 0 Å². The Balaban J connectivity index is 2.05. The quantitative estimate of drug-likeness (QED) is 0.649. The van der Waals surface area contributed by atoms with Crippen molar-refractivity contribution in [1.82, 2.24) is 9.62 Å². The van der Waals surface area contributed by atoms with Crippen LogP contribution in [0.4, 0.5) is 0 Å². The van der Waals surface area contributed by atoms with E-state index in [9.17, 15) is 8.42 Å². The Morgan fingerprint density at radius 3 is 2.57 bits per heavy atom. The van der Waals surface area contributed by atoms with Crippen molar-refractivity contribution in [2.45, 2.75) is 11.7 Å². The summed E-state index contributed by atoms with van der Waals surface area (Å²) >= 11 is 0. The molecule has 2 rings (SSSR count). The van der Waals surface area contributed by atoms with Crippen molar-refractivity contribution in [3.63, 3.8) is 0 Å². The van der Waals surface area contributed by atoms with Gasteiger partial charge in [0.25, 0.3) is 0 Å². The smallest absolute Gasteiger partial charge is 0.219 e. The normalized spacial score (nSPS) is 30.7. The SMILES string of the molecule is O=S(=O)([C@H]1CCOC1)N1CCNCC1. The molecule has 0 spiro atoms. The standard InChI is InChI=1S/C8H16N2O3S/c11-14(12,8-1-6-13-7-8)10-4-2-9-3-5-10/h8-9H,1-7H2/t8-/m0/s1. The highest BCUT2D eigenvalue weighted by Crippen LogP contribution is 2.18. The molecule has 0 aromatic rings. The van der Waals surface area contributed by atoms with Gasteiger partial charge in [0.1, 0.15) is 5.25 Å². The molecule has 0 saturated carbocycles. The van der Waals surface area contributed by atoms with E-state index < -0.39 is 10.0 Å². The largest absolute Gasteiger partial charge is 0.380 e. The molecular weight excluding hydrogens is 204 g/mol. The maximum Gasteiger partial charge on any atom is 0.219 e. The average molecular weight is 220 g/mol. The van der Waals surface area contributed by atoms with Crippen molar-refractivity contribution in [2.75, 3.05) is 39.4 Å². The second-order valence-corrected chi connectivity index (χ2v) is 5.89. The molecule has 0 radical (unpaired) electrons. The van der Waals surface area contributed by atoms with E-state index in [-0.39, 0.29) is 5.25 Å². The Hall–Kier alpha value is -0.170. The predicted molar refractivity (Wildman–Crippen MR) is 52.6 cm³/mol. The first-order valence-electron chi connectivity index (χ1n) is 4.99. The Labute approximate surface area is 84.5 Å². The summed E-state index contributed by atoms with van der Waals surface area (Å²) in [5.41, 5.74) is 0. The van der Waals surface area contributed by atoms with Crippen LogP contribution in [0.5, 0.6) is 0 Å². The Kier molecular flexibility index (Phi) is 3.06. The van der Waals surface area contributed by atoms with Crippen molar-refractivity contribution in [3.8, 4) is 0 Å². The third-order valence-corrected chi connectivity index (χ3v) is 5.04. The Bertz CT molecular complexity index is 279. The minimum Gasteiger partial charge on any atom is -0.380 e. The first-order chi connectivity index (χ1) is 6.71. The molecule has 2 heterocycles. The summed E-state index contributed by atoms with van der Waals surface area (Å²) in [6.45, 7) is 3.65. The van der Waals surface area contributed by atoms with Crippen LogP contribution in [-0.2, 0) is 14.8 Å². The summed E-state index contributed by atoms with van der Waals surface area (Å²) in [6, 6.07) is 0. The molecule has 0 amide bonds. The third kappa shape index (κ3) is 1.93. The lowest BCUT2D eigenvalue weighted by Gasteiger charge is -2.28. The van der Waals surface area contributed by atoms with Crippen LogP contribution in [0.3, 0.4) is 0 Å². The van der Waals surface area contributed by atoms with Crippen molar-refractivity contribution in [2.24, 2.45) is 0 Å². The lowest BCUT2D eigenvalue weighted by atomic mass is 10.4. The van der Waals surface area contributed by atoms with E-state index in [1.165, 1.54) is 0 Å². The minimum absolute atomic E-state index is 0.305. The first kappa shape index (κ1) is 10.4. The molecule has 2 aliphatic heterocycles. The highest BCUT2D eigenvalue weighted by Gasteiger charge is 2.35. The van der Waals surface area contributed by atoms with Crippen LogP contribution >= 0.6 is 0 Å². The van der Waals surface area contributed by atoms with Gasteiger partial charge in [-0.3, -0.25) is 0 Å². The van der Waals surface area contributed by atoms with Crippen molar-refractivity contribution < 1.29 is 13.2 Å². The topological polar surface area (TPSA) is 58.6 Å². The molecule has 0 bridgehead atoms. The van der Waals surface area contributed by atoms with E-state index >= 15 is 0 Å². The average Bonchev–Trinajstić information content (AvgIpc) is 2.72. The number of nitrogens with one attached hydrogen (secondary N) is 1. The van der Waals surface area contributed by atoms with E-state index in [2.05, 4.69) is 5.32 Å². The van der Waals surface area contributed by atoms with Crippen LogP contribution in [0.15, 0.2) is 0 Å². The second kappa shape index (κ2) is 4.14. The van der Waals surface area contributed by atoms with Crippen LogP contribution < -0.4 is 5.32 Å². The summed E-state index contributed by atoms with van der Waals surface area (Å²) in [5, 5.41) is 2.84. The van der Waals surface area contributed by atoms with Crippen LogP contribution in [0.25, 0.3) is 0 Å². The van der Waals surface area contributed by atoms with Gasteiger partial charge in [0.2, 0.25) is 10.0 Å². The van der Waals surface area contributed by atoms with Gasteiger partial charge in [0, 0.05) is 32.8 Å². The molecule has 1 atom stereocenters. The van der Waals surface area contributed by atoms with Crippen molar-refractivity contribution in [1.29, 1.82) is 0 Å². The lowest BCUT2D eigenvalue weighted by Crippen LogP contribution is -2.49. The molecule has 2 saturated heterocycles. The molecule has 5 nitrogen and oxygen atoms in total. The zero-order valence-corrected chi connectivity index (χ0v) is 8.92. The fourth-order valence-electron chi connectivity index (χ4n) is 1.86. The van der Waals surface area contributed by atoms with E-state index in [1.54, 1.807) is 4.31 Å². The van der Waals surface area contributed by atoms with E-state index in [0.29, 0.717) is 32.7 Å². The summed E-state index contributed by atoms with van der Waals surface area (Å²) in [5.74, 6) is 0. The van der Waals surface area contributed by atoms with E-state index in [4.69, 9.17) is 4.74 Å². The Morgan fingerprint density at radius 2 is 2.00 bits per heavy atom. The van der Waals surface area contributed by atoms with Gasteiger partial charge in [-0.25, -0.2) is 8.42 Å². The van der Waals surface area contributed by atoms with Crippen LogP contribution in [0.1, 0.15) is 6.42 Å². The fraction of sp³-hybridized carbons (Fsp3) is 1.00. The molecular formula is C8H16N2O3S. The number of hydrogen-bond acceptors (Lipinski definition) is 4. The zero-order valence-electron chi connectivity index (χ0n) is 8.11. The van der Waals surface area contributed by atoms with Gasteiger partial charge in [0.15, 0.2) is 0 Å². The summed E-state index contributed by atoms with van der Waals surface area (Å²) in [4.78, 5) is 0. The molecule has 0 aromatic carbocycles. The highest BCUT2D eigenvalue weighted by molar-refractivity contribution is 7.89. The molecule has 14 heavy (non-hydrogen) atoms. The van der Waals surface area contributed by atoms with Gasteiger partial charge in [0.05, 0.1) is 6.61 Å². The summed E-state index contributed by atoms with van der Waals surface area (Å²) in [6.07, 6.45) is 0.645. The molecule has 0 aliphatic carbocycles. The number of nitrogens with zero attached hydrogens (tertiary/aromatic N) is 1. The number of rotatable bonds is 2. The molecule has 82 valence electrons. The predicted octanol–water partition coefficient (Wildman–Crippen LogP) is -0.990. The zero-order chi connectivity index (χ0) is 10.0. The number of ether oxygens (including phenoxy) is 1. The van der Waals surface area contributed by atoms with Crippen LogP contribution in [0, 0.1) is 0 Å². The summed E-state index contributed by atoms with van der Waals surface area (Å²) < 4.78 is 30.7. The molecule has 6 heteroatoms. The first-order valence-corrected chi connectivity index (χ1v) is 6.49. The monoisotopic (exact) mass is 220 g/mol. The maximum atomic E-state index is 12.0. The van der Waals surface area contributed by atoms with Gasteiger partial charge < -0.3 is 10.1 Å². The lowest BCUT2D eigenvalue weighted by molar-refractivity contribution is 0.197. The second-order valence-electron chi connectivity index (χ2n) is 3.68. The molecule has 2 aliphatic rings. The van der Waals surface area contributed by atoms with Gasteiger partial charge in [-0.2, -0.15) is 4.31 Å². The fourth-order valence-corrected chi connectivity index (χ4v) is 3.63. The number of hydrogen-bond donors (Lipinski definition) is 1. The van der Waals surface area contributed by atoms with E-state index in [0.717, 1.165) is 13.1 Å². The number of piperazine rings is 1. The molecule has 0 unspecified atom stereocenters. The summed E-state index contributed by atoms with van der Waals surface area (Å²) in [7, 11) is -3.09. The Morgan fingerprint density at radius 1 is 1.29 bits per heavy atom. The van der Waals surface area contributed by atoms with Gasteiger partial charge in [-0.15, -0.1) is 0 Å². The van der Waals surface area contributed by atoms with Gasteiger partial charge >= 0.3 is 0 Å². The maximum absolute atomic E-state index is 12.0. The molecule has 1 N–H and O–H groups in total. The van der Waals surface area contributed by atoms with E-state index in [1.807, 2.05) is 0 Å². The molecule has 2 fully saturated rings. The minimum atomic E-state index is -3.09. The number of sulfonamides is 1. The van der Waals surface area contributed by atoms with Crippen LogP contribution in [-0.4, -0.2) is 57.4 Å².